The largest absolute Gasteiger partial charge is 0.357 e. The van der Waals surface area contributed by atoms with Gasteiger partial charge in [0.15, 0.2) is 5.96 Å². The summed E-state index contributed by atoms with van der Waals surface area (Å²) < 4.78 is 0. The number of carbonyl (C=O) groups is 1. The third-order valence-corrected chi connectivity index (χ3v) is 5.69. The maximum atomic E-state index is 12.1. The molecule has 1 N–H and O–H groups in total. The van der Waals surface area contributed by atoms with Crippen molar-refractivity contribution in [2.75, 3.05) is 39.3 Å². The van der Waals surface area contributed by atoms with E-state index in [0.29, 0.717) is 18.4 Å². The van der Waals surface area contributed by atoms with Crippen molar-refractivity contribution >= 4 is 35.8 Å². The quantitative estimate of drug-likeness (QED) is 0.372. The smallest absolute Gasteiger partial charge is 0.224 e. The Hall–Kier alpha value is -0.530. The molecule has 0 unspecified atom stereocenters. The van der Waals surface area contributed by atoms with Crippen LogP contribution in [0.1, 0.15) is 65.7 Å². The highest BCUT2D eigenvalue weighted by atomic mass is 127. The zero-order valence-electron chi connectivity index (χ0n) is 16.4. The van der Waals surface area contributed by atoms with Crippen LogP contribution in [-0.2, 0) is 4.79 Å². The maximum Gasteiger partial charge on any atom is 0.224 e. The molecule has 1 saturated carbocycles. The highest BCUT2D eigenvalue weighted by Crippen LogP contribution is 2.43. The lowest BCUT2D eigenvalue weighted by molar-refractivity contribution is -0.130. The lowest BCUT2D eigenvalue weighted by Crippen LogP contribution is -2.42. The van der Waals surface area contributed by atoms with E-state index in [1.165, 1.54) is 38.5 Å². The van der Waals surface area contributed by atoms with Gasteiger partial charge in [-0.15, -0.1) is 24.0 Å². The van der Waals surface area contributed by atoms with Gasteiger partial charge in [-0.2, -0.15) is 0 Å². The van der Waals surface area contributed by atoms with E-state index in [0.717, 1.165) is 38.7 Å². The first-order valence-corrected chi connectivity index (χ1v) is 9.95. The van der Waals surface area contributed by atoms with Gasteiger partial charge in [0, 0.05) is 39.1 Å². The van der Waals surface area contributed by atoms with Crippen molar-refractivity contribution < 1.29 is 4.79 Å². The number of nitrogens with zero attached hydrogens (tertiary/aromatic N) is 3. The van der Waals surface area contributed by atoms with E-state index in [-0.39, 0.29) is 29.9 Å². The van der Waals surface area contributed by atoms with Crippen LogP contribution in [0.4, 0.5) is 0 Å². The van der Waals surface area contributed by atoms with Crippen LogP contribution in [0, 0.1) is 5.41 Å². The zero-order chi connectivity index (χ0) is 17.4. The van der Waals surface area contributed by atoms with Crippen LogP contribution >= 0.6 is 24.0 Å². The van der Waals surface area contributed by atoms with E-state index in [9.17, 15) is 4.79 Å². The average Bonchev–Trinajstić information content (AvgIpc) is 2.99. The molecule has 0 aromatic rings. The van der Waals surface area contributed by atoms with E-state index in [4.69, 9.17) is 4.99 Å². The fourth-order valence-corrected chi connectivity index (χ4v) is 4.24. The van der Waals surface area contributed by atoms with Gasteiger partial charge in [-0.05, 0) is 45.4 Å². The van der Waals surface area contributed by atoms with Crippen LogP contribution < -0.4 is 5.32 Å². The summed E-state index contributed by atoms with van der Waals surface area (Å²) >= 11 is 0. The van der Waals surface area contributed by atoms with Gasteiger partial charge in [-0.25, -0.2) is 0 Å². The van der Waals surface area contributed by atoms with Gasteiger partial charge < -0.3 is 15.1 Å². The topological polar surface area (TPSA) is 47.9 Å². The summed E-state index contributed by atoms with van der Waals surface area (Å²) in [6, 6.07) is 0. The molecule has 1 heterocycles. The SMILES string of the molecule is CCNC(=NCCC(=O)N(CC)CC)N1CCC2(CCCCC2)C1.I. The van der Waals surface area contributed by atoms with Crippen LogP contribution in [0.3, 0.4) is 0 Å². The number of carbonyl (C=O) groups excluding carboxylic acids is 1. The summed E-state index contributed by atoms with van der Waals surface area (Å²) in [7, 11) is 0. The fraction of sp³-hybridized carbons (Fsp3) is 0.895. The normalized spacial score (nSPS) is 19.6. The first-order valence-electron chi connectivity index (χ1n) is 9.95. The monoisotopic (exact) mass is 464 g/mol. The van der Waals surface area contributed by atoms with Crippen LogP contribution in [-0.4, -0.2) is 60.9 Å². The first-order chi connectivity index (χ1) is 11.6. The molecule has 25 heavy (non-hydrogen) atoms. The second-order valence-corrected chi connectivity index (χ2v) is 7.28. The number of likely N-dealkylation sites (tertiary alicyclic amines) is 1. The average molecular weight is 464 g/mol. The summed E-state index contributed by atoms with van der Waals surface area (Å²) in [6.07, 6.45) is 8.75. The van der Waals surface area contributed by atoms with Crippen molar-refractivity contribution in [2.24, 2.45) is 10.4 Å². The second-order valence-electron chi connectivity index (χ2n) is 7.28. The molecule has 1 saturated heterocycles. The summed E-state index contributed by atoms with van der Waals surface area (Å²) in [5.74, 6) is 1.22. The lowest BCUT2D eigenvalue weighted by atomic mass is 9.73. The molecule has 1 aliphatic carbocycles. The Bertz CT molecular complexity index is 431. The predicted octanol–water partition coefficient (Wildman–Crippen LogP) is 3.48. The van der Waals surface area contributed by atoms with Crippen LogP contribution in [0.5, 0.6) is 0 Å². The zero-order valence-corrected chi connectivity index (χ0v) is 18.7. The Morgan fingerprint density at radius 1 is 1.12 bits per heavy atom. The number of rotatable bonds is 6. The number of aliphatic imine (C=N–C) groups is 1. The molecule has 146 valence electrons. The van der Waals surface area contributed by atoms with Crippen molar-refractivity contribution in [1.29, 1.82) is 0 Å². The number of hydrogen-bond donors (Lipinski definition) is 1. The van der Waals surface area contributed by atoms with Crippen molar-refractivity contribution in [1.82, 2.24) is 15.1 Å². The first kappa shape index (κ1) is 22.5. The summed E-state index contributed by atoms with van der Waals surface area (Å²) in [5, 5.41) is 3.43. The van der Waals surface area contributed by atoms with E-state index in [2.05, 4.69) is 17.1 Å². The summed E-state index contributed by atoms with van der Waals surface area (Å²) in [5.41, 5.74) is 0.533. The molecule has 0 radical (unpaired) electrons. The minimum atomic E-state index is 0. The van der Waals surface area contributed by atoms with Gasteiger partial charge >= 0.3 is 0 Å². The molecular weight excluding hydrogens is 427 g/mol. The van der Waals surface area contributed by atoms with Gasteiger partial charge in [0.2, 0.25) is 5.91 Å². The van der Waals surface area contributed by atoms with E-state index >= 15 is 0 Å². The Labute approximate surface area is 171 Å². The second kappa shape index (κ2) is 11.2. The standard InChI is InChI=1S/C19H36N4O.HI/c1-4-20-18(21-14-10-17(24)22(5-2)6-3)23-15-13-19(16-23)11-8-7-9-12-19;/h4-16H2,1-3H3,(H,20,21);1H. The molecule has 2 fully saturated rings. The molecule has 0 aromatic carbocycles. The maximum absolute atomic E-state index is 12.1. The fourth-order valence-electron chi connectivity index (χ4n) is 4.24. The van der Waals surface area contributed by atoms with Crippen LogP contribution in [0.15, 0.2) is 4.99 Å². The molecule has 1 amide bonds. The van der Waals surface area contributed by atoms with Crippen molar-refractivity contribution in [3.05, 3.63) is 0 Å². The highest BCUT2D eigenvalue weighted by Gasteiger charge is 2.39. The van der Waals surface area contributed by atoms with Crippen molar-refractivity contribution in [3.8, 4) is 0 Å². The molecule has 1 spiro atoms. The third-order valence-electron chi connectivity index (χ3n) is 5.69. The lowest BCUT2D eigenvalue weighted by Gasteiger charge is -2.33. The summed E-state index contributed by atoms with van der Waals surface area (Å²) in [4.78, 5) is 21.2. The minimum absolute atomic E-state index is 0. The molecule has 2 rings (SSSR count). The Morgan fingerprint density at radius 3 is 2.40 bits per heavy atom. The molecule has 6 heteroatoms. The van der Waals surface area contributed by atoms with Gasteiger partial charge in [-0.1, -0.05) is 19.3 Å². The minimum Gasteiger partial charge on any atom is -0.357 e. The van der Waals surface area contributed by atoms with E-state index < -0.39 is 0 Å². The number of hydrogen-bond acceptors (Lipinski definition) is 2. The van der Waals surface area contributed by atoms with E-state index in [1.54, 1.807) is 0 Å². The molecule has 5 nitrogen and oxygen atoms in total. The molecule has 1 aliphatic heterocycles. The van der Waals surface area contributed by atoms with Gasteiger partial charge in [0.25, 0.3) is 0 Å². The van der Waals surface area contributed by atoms with Gasteiger partial charge in [-0.3, -0.25) is 9.79 Å². The number of halogens is 1. The third kappa shape index (κ3) is 6.29. The number of amides is 1. The van der Waals surface area contributed by atoms with Crippen LogP contribution in [0.25, 0.3) is 0 Å². The molecule has 0 atom stereocenters. The summed E-state index contributed by atoms with van der Waals surface area (Å²) in [6.45, 7) is 11.5. The molecule has 2 aliphatic rings. The predicted molar refractivity (Wildman–Crippen MR) is 116 cm³/mol. The number of nitrogens with one attached hydrogen (secondary N) is 1. The van der Waals surface area contributed by atoms with Crippen LogP contribution in [0.2, 0.25) is 0 Å². The Kier molecular flexibility index (Phi) is 10.1. The van der Waals surface area contributed by atoms with Gasteiger partial charge in [0.05, 0.1) is 6.54 Å². The Morgan fingerprint density at radius 2 is 1.80 bits per heavy atom. The van der Waals surface area contributed by atoms with Gasteiger partial charge in [0.1, 0.15) is 0 Å². The highest BCUT2D eigenvalue weighted by molar-refractivity contribution is 14.0. The van der Waals surface area contributed by atoms with Crippen molar-refractivity contribution in [3.63, 3.8) is 0 Å². The molecule has 0 aromatic heterocycles. The van der Waals surface area contributed by atoms with Crippen molar-refractivity contribution in [2.45, 2.75) is 65.7 Å². The Balaban J connectivity index is 0.00000312. The number of guanidine groups is 1. The molecular formula is C19H37IN4O. The van der Waals surface area contributed by atoms with E-state index in [1.807, 2.05) is 18.7 Å². The molecule has 0 bridgehead atoms.